The molecule has 0 aromatic heterocycles. The van der Waals surface area contributed by atoms with E-state index in [0.717, 1.165) is 69.6 Å². The zero-order valence-corrected chi connectivity index (χ0v) is 17.7. The first-order chi connectivity index (χ1) is 14.1. The lowest BCUT2D eigenvalue weighted by Gasteiger charge is -2.37. The fourth-order valence-corrected chi connectivity index (χ4v) is 5.60. The van der Waals surface area contributed by atoms with Crippen molar-refractivity contribution in [2.45, 2.75) is 50.5 Å². The van der Waals surface area contributed by atoms with Crippen LogP contribution in [0.3, 0.4) is 0 Å². The van der Waals surface area contributed by atoms with Gasteiger partial charge in [-0.1, -0.05) is 31.5 Å². The van der Waals surface area contributed by atoms with Crippen molar-refractivity contribution < 1.29 is 14.3 Å². The van der Waals surface area contributed by atoms with Crippen LogP contribution in [0.15, 0.2) is 24.3 Å². The van der Waals surface area contributed by atoms with E-state index < -0.39 is 5.41 Å². The van der Waals surface area contributed by atoms with Crippen LogP contribution in [0.5, 0.6) is 0 Å². The van der Waals surface area contributed by atoms with Crippen molar-refractivity contribution in [2.24, 2.45) is 5.92 Å². The van der Waals surface area contributed by atoms with E-state index in [1.165, 1.54) is 0 Å². The number of carbonyl (C=O) groups excluding carboxylic acids is 2. The van der Waals surface area contributed by atoms with Crippen molar-refractivity contribution in [3.8, 4) is 0 Å². The van der Waals surface area contributed by atoms with Crippen molar-refractivity contribution in [1.29, 1.82) is 0 Å². The molecule has 2 fully saturated rings. The van der Waals surface area contributed by atoms with E-state index in [2.05, 4.69) is 28.1 Å². The molecule has 2 saturated heterocycles. The van der Waals surface area contributed by atoms with Gasteiger partial charge in [0, 0.05) is 31.8 Å². The van der Waals surface area contributed by atoms with E-state index in [4.69, 9.17) is 4.74 Å². The summed E-state index contributed by atoms with van der Waals surface area (Å²) in [7, 11) is 1.73. The SMILES string of the molecule is CCC[C@@H]1N(C(=O)C2CCN(CCOC)CC2)CC[C@]12C(=O)Nc1ccccc12. The van der Waals surface area contributed by atoms with Crippen molar-refractivity contribution in [1.82, 2.24) is 9.80 Å². The summed E-state index contributed by atoms with van der Waals surface area (Å²) in [5.41, 5.74) is 1.41. The third-order valence-electron chi connectivity index (χ3n) is 7.15. The Morgan fingerprint density at radius 2 is 2.00 bits per heavy atom. The molecule has 29 heavy (non-hydrogen) atoms. The van der Waals surface area contributed by atoms with Crippen molar-refractivity contribution >= 4 is 17.5 Å². The van der Waals surface area contributed by atoms with Crippen LogP contribution in [0.4, 0.5) is 5.69 Å². The van der Waals surface area contributed by atoms with Gasteiger partial charge in [0.25, 0.3) is 0 Å². The molecular weight excluding hydrogens is 366 g/mol. The molecule has 1 spiro atoms. The lowest BCUT2D eigenvalue weighted by atomic mass is 9.73. The second-order valence-electron chi connectivity index (χ2n) is 8.67. The molecule has 3 aliphatic rings. The van der Waals surface area contributed by atoms with Gasteiger partial charge in [0.05, 0.1) is 18.1 Å². The van der Waals surface area contributed by atoms with Crippen LogP contribution in [0.2, 0.25) is 0 Å². The summed E-state index contributed by atoms with van der Waals surface area (Å²) in [5, 5.41) is 3.09. The van der Waals surface area contributed by atoms with Gasteiger partial charge in [0.2, 0.25) is 11.8 Å². The molecule has 6 nitrogen and oxygen atoms in total. The number of rotatable bonds is 6. The van der Waals surface area contributed by atoms with Gasteiger partial charge in [0.1, 0.15) is 0 Å². The van der Waals surface area contributed by atoms with Crippen LogP contribution < -0.4 is 5.32 Å². The molecule has 3 aliphatic heterocycles. The second-order valence-corrected chi connectivity index (χ2v) is 8.67. The lowest BCUT2D eigenvalue weighted by molar-refractivity contribution is -0.139. The largest absolute Gasteiger partial charge is 0.383 e. The Kier molecular flexibility index (Phi) is 5.93. The molecule has 2 atom stereocenters. The molecule has 2 amide bonds. The first kappa shape index (κ1) is 20.4. The van der Waals surface area contributed by atoms with Gasteiger partial charge in [-0.2, -0.15) is 0 Å². The van der Waals surface area contributed by atoms with E-state index in [-0.39, 0.29) is 23.8 Å². The maximum absolute atomic E-state index is 13.5. The van der Waals surface area contributed by atoms with Gasteiger partial charge in [-0.15, -0.1) is 0 Å². The zero-order valence-electron chi connectivity index (χ0n) is 17.7. The summed E-state index contributed by atoms with van der Waals surface area (Å²) in [4.78, 5) is 31.1. The molecular formula is C23H33N3O3. The van der Waals surface area contributed by atoms with Crippen molar-refractivity contribution in [2.75, 3.05) is 45.2 Å². The fourth-order valence-electron chi connectivity index (χ4n) is 5.60. The molecule has 3 heterocycles. The Morgan fingerprint density at radius 3 is 2.72 bits per heavy atom. The summed E-state index contributed by atoms with van der Waals surface area (Å²) in [6, 6.07) is 7.96. The number of hydrogen-bond acceptors (Lipinski definition) is 4. The van der Waals surface area contributed by atoms with E-state index >= 15 is 0 Å². The maximum atomic E-state index is 13.5. The molecule has 0 radical (unpaired) electrons. The average Bonchev–Trinajstić information content (AvgIpc) is 3.26. The van der Waals surface area contributed by atoms with Gasteiger partial charge in [-0.05, 0) is 50.4 Å². The van der Waals surface area contributed by atoms with Crippen LogP contribution >= 0.6 is 0 Å². The number of nitrogens with one attached hydrogen (secondary N) is 1. The van der Waals surface area contributed by atoms with Gasteiger partial charge in [-0.25, -0.2) is 0 Å². The molecule has 1 aromatic carbocycles. The molecule has 158 valence electrons. The Bertz CT molecular complexity index is 759. The van der Waals surface area contributed by atoms with E-state index in [0.29, 0.717) is 6.54 Å². The molecule has 0 aliphatic carbocycles. The normalized spacial score (nSPS) is 27.4. The minimum absolute atomic E-state index is 0.0461. The predicted octanol–water partition coefficient (Wildman–Crippen LogP) is 2.64. The summed E-state index contributed by atoms with van der Waals surface area (Å²) in [6.07, 6.45) is 4.33. The highest BCUT2D eigenvalue weighted by Gasteiger charge is 2.58. The highest BCUT2D eigenvalue weighted by atomic mass is 16.5. The lowest BCUT2D eigenvalue weighted by Crippen LogP contribution is -2.51. The minimum Gasteiger partial charge on any atom is -0.383 e. The van der Waals surface area contributed by atoms with E-state index in [1.54, 1.807) is 7.11 Å². The zero-order chi connectivity index (χ0) is 20.4. The van der Waals surface area contributed by atoms with Gasteiger partial charge < -0.3 is 19.9 Å². The Hall–Kier alpha value is -1.92. The van der Waals surface area contributed by atoms with E-state index in [1.807, 2.05) is 18.2 Å². The molecule has 0 bridgehead atoms. The molecule has 1 aromatic rings. The predicted molar refractivity (Wildman–Crippen MR) is 113 cm³/mol. The topological polar surface area (TPSA) is 61.9 Å². The highest BCUT2D eigenvalue weighted by Crippen LogP contribution is 2.49. The standard InChI is InChI=1S/C23H33N3O3/c1-3-6-20-23(18-7-4-5-8-19(18)24-22(23)28)11-14-26(20)21(27)17-9-12-25(13-10-17)15-16-29-2/h4-5,7-8,17,20H,3,6,9-16H2,1-2H3,(H,24,28)/t20-,23+/m0/s1. The number of carbonyl (C=O) groups is 2. The first-order valence-corrected chi connectivity index (χ1v) is 11.0. The van der Waals surface area contributed by atoms with Crippen molar-refractivity contribution in [3.63, 3.8) is 0 Å². The fraction of sp³-hybridized carbons (Fsp3) is 0.652. The number of fused-ring (bicyclic) bond motifs is 2. The van der Waals surface area contributed by atoms with Crippen LogP contribution in [0.1, 0.15) is 44.6 Å². The smallest absolute Gasteiger partial charge is 0.237 e. The first-order valence-electron chi connectivity index (χ1n) is 11.0. The number of methoxy groups -OCH3 is 1. The molecule has 0 unspecified atom stereocenters. The van der Waals surface area contributed by atoms with Gasteiger partial charge in [-0.3, -0.25) is 9.59 Å². The molecule has 4 rings (SSSR count). The van der Waals surface area contributed by atoms with Gasteiger partial charge >= 0.3 is 0 Å². The number of likely N-dealkylation sites (tertiary alicyclic amines) is 2. The Morgan fingerprint density at radius 1 is 1.24 bits per heavy atom. The number of ether oxygens (including phenoxy) is 1. The number of hydrogen-bond donors (Lipinski definition) is 1. The summed E-state index contributed by atoms with van der Waals surface area (Å²) >= 11 is 0. The summed E-state index contributed by atoms with van der Waals surface area (Å²) in [5.74, 6) is 0.397. The number of benzene rings is 1. The third-order valence-corrected chi connectivity index (χ3v) is 7.15. The number of nitrogens with zero attached hydrogens (tertiary/aromatic N) is 2. The van der Waals surface area contributed by atoms with Gasteiger partial charge in [0.15, 0.2) is 0 Å². The van der Waals surface area contributed by atoms with Crippen LogP contribution in [-0.4, -0.2) is 67.6 Å². The Labute approximate surface area is 173 Å². The minimum atomic E-state index is -0.582. The number of piperidine rings is 1. The monoisotopic (exact) mass is 399 g/mol. The van der Waals surface area contributed by atoms with E-state index in [9.17, 15) is 9.59 Å². The molecule has 1 N–H and O–H groups in total. The summed E-state index contributed by atoms with van der Waals surface area (Å²) in [6.45, 7) is 6.37. The van der Waals surface area contributed by atoms with Crippen LogP contribution in [0.25, 0.3) is 0 Å². The van der Waals surface area contributed by atoms with Crippen molar-refractivity contribution in [3.05, 3.63) is 29.8 Å². The van der Waals surface area contributed by atoms with Crippen LogP contribution in [0, 0.1) is 5.92 Å². The molecule has 6 heteroatoms. The summed E-state index contributed by atoms with van der Waals surface area (Å²) < 4.78 is 5.18. The molecule has 0 saturated carbocycles. The quantitative estimate of drug-likeness (QED) is 0.799. The number of anilines is 1. The third kappa shape index (κ3) is 3.46. The Balaban J connectivity index is 1.52. The second kappa shape index (κ2) is 8.44. The number of para-hydroxylation sites is 1. The number of amides is 2. The highest BCUT2D eigenvalue weighted by molar-refractivity contribution is 6.07. The maximum Gasteiger partial charge on any atom is 0.237 e. The van der Waals surface area contributed by atoms with Crippen LogP contribution in [-0.2, 0) is 19.7 Å². The average molecular weight is 400 g/mol.